The molecule has 10 heteroatoms. The number of hydrogen-bond donors (Lipinski definition) is 1. The number of rotatable bonds is 5. The molecule has 0 bridgehead atoms. The van der Waals surface area contributed by atoms with Gasteiger partial charge in [-0.15, -0.1) is 11.3 Å². The number of thiophene rings is 1. The minimum absolute atomic E-state index is 0.112. The molecule has 0 saturated carbocycles. The van der Waals surface area contributed by atoms with Crippen molar-refractivity contribution in [2.24, 2.45) is 7.05 Å². The molecule has 0 fully saturated rings. The lowest BCUT2D eigenvalue weighted by Gasteiger charge is -2.21. The standard InChI is InChI=1S/C22H23N5O3S2/c1-14-8-10-15(11-9-14)32(29,30)27(3)22-18(13-24-26(22)2)20(28)25-21-17(12-23)16-6-4-5-7-19(16)31-21/h8-11,13H,4-7H2,1-3H3,(H,25,28). The van der Waals surface area contributed by atoms with Gasteiger partial charge < -0.3 is 5.32 Å². The molecule has 0 atom stereocenters. The smallest absolute Gasteiger partial charge is 0.265 e. The Kier molecular flexibility index (Phi) is 5.79. The number of nitrogens with one attached hydrogen (secondary N) is 1. The monoisotopic (exact) mass is 469 g/mol. The molecule has 1 amide bonds. The van der Waals surface area contributed by atoms with E-state index in [0.717, 1.165) is 46.0 Å². The number of carbonyl (C=O) groups is 1. The van der Waals surface area contributed by atoms with Crippen molar-refractivity contribution in [2.75, 3.05) is 16.7 Å². The third-order valence-electron chi connectivity index (χ3n) is 5.64. The van der Waals surface area contributed by atoms with Crippen LogP contribution in [0.4, 0.5) is 10.8 Å². The zero-order chi connectivity index (χ0) is 23.0. The molecule has 32 heavy (non-hydrogen) atoms. The Bertz CT molecular complexity index is 1330. The van der Waals surface area contributed by atoms with Gasteiger partial charge in [-0.1, -0.05) is 17.7 Å². The van der Waals surface area contributed by atoms with Crippen molar-refractivity contribution < 1.29 is 13.2 Å². The highest BCUT2D eigenvalue weighted by Gasteiger charge is 2.30. The predicted molar refractivity (Wildman–Crippen MR) is 124 cm³/mol. The van der Waals surface area contributed by atoms with E-state index < -0.39 is 15.9 Å². The van der Waals surface area contributed by atoms with Gasteiger partial charge in [0.25, 0.3) is 15.9 Å². The van der Waals surface area contributed by atoms with E-state index in [1.54, 1.807) is 19.2 Å². The Balaban J connectivity index is 1.67. The quantitative estimate of drug-likeness (QED) is 0.614. The van der Waals surface area contributed by atoms with Gasteiger partial charge in [-0.25, -0.2) is 8.42 Å². The number of sulfonamides is 1. The van der Waals surface area contributed by atoms with Crippen LogP contribution in [0, 0.1) is 18.3 Å². The molecule has 3 aromatic rings. The molecule has 0 saturated heterocycles. The molecule has 0 unspecified atom stereocenters. The average Bonchev–Trinajstić information content (AvgIpc) is 3.33. The molecule has 1 N–H and O–H groups in total. The van der Waals surface area contributed by atoms with Gasteiger partial charge in [0, 0.05) is 19.0 Å². The van der Waals surface area contributed by atoms with E-state index in [-0.39, 0.29) is 16.3 Å². The van der Waals surface area contributed by atoms with Gasteiger partial charge >= 0.3 is 0 Å². The number of aromatic nitrogens is 2. The number of hydrogen-bond acceptors (Lipinski definition) is 6. The molecule has 1 aliphatic carbocycles. The molecule has 2 aromatic heterocycles. The molecule has 0 radical (unpaired) electrons. The van der Waals surface area contributed by atoms with Crippen LogP contribution in [-0.4, -0.2) is 31.2 Å². The van der Waals surface area contributed by atoms with E-state index in [1.165, 1.54) is 41.4 Å². The van der Waals surface area contributed by atoms with E-state index in [4.69, 9.17) is 0 Å². The number of amides is 1. The van der Waals surface area contributed by atoms with Gasteiger partial charge in [-0.3, -0.25) is 13.8 Å². The topological polar surface area (TPSA) is 108 Å². The number of fused-ring (bicyclic) bond motifs is 1. The second-order valence-electron chi connectivity index (χ2n) is 7.77. The largest absolute Gasteiger partial charge is 0.312 e. The maximum atomic E-state index is 13.2. The number of anilines is 2. The molecular weight excluding hydrogens is 446 g/mol. The molecule has 2 heterocycles. The first-order valence-corrected chi connectivity index (χ1v) is 12.4. The highest BCUT2D eigenvalue weighted by molar-refractivity contribution is 7.92. The van der Waals surface area contributed by atoms with Gasteiger partial charge in [0.05, 0.1) is 16.7 Å². The third-order valence-corrected chi connectivity index (χ3v) is 8.61. The van der Waals surface area contributed by atoms with Gasteiger partial charge in [0.1, 0.15) is 16.6 Å². The number of nitriles is 1. The molecule has 1 aromatic carbocycles. The molecule has 166 valence electrons. The fourth-order valence-corrected chi connectivity index (χ4v) is 6.36. The first-order chi connectivity index (χ1) is 15.2. The fraction of sp³-hybridized carbons (Fsp3) is 0.318. The van der Waals surface area contributed by atoms with Crippen LogP contribution in [0.25, 0.3) is 0 Å². The van der Waals surface area contributed by atoms with E-state index in [9.17, 15) is 18.5 Å². The van der Waals surface area contributed by atoms with E-state index in [1.807, 2.05) is 6.92 Å². The lowest BCUT2D eigenvalue weighted by atomic mass is 9.96. The number of nitrogens with zero attached hydrogens (tertiary/aromatic N) is 4. The van der Waals surface area contributed by atoms with Crippen molar-refractivity contribution in [2.45, 2.75) is 37.5 Å². The van der Waals surface area contributed by atoms with Gasteiger partial charge in [-0.05, 0) is 50.3 Å². The van der Waals surface area contributed by atoms with E-state index in [0.29, 0.717) is 10.6 Å². The van der Waals surface area contributed by atoms with Crippen molar-refractivity contribution in [3.05, 3.63) is 57.6 Å². The predicted octanol–water partition coefficient (Wildman–Crippen LogP) is 3.62. The van der Waals surface area contributed by atoms with E-state index in [2.05, 4.69) is 16.5 Å². The summed E-state index contributed by atoms with van der Waals surface area (Å²) in [6, 6.07) is 8.73. The number of aryl methyl sites for hydroxylation is 3. The van der Waals surface area contributed by atoms with Crippen molar-refractivity contribution >= 4 is 38.1 Å². The molecular formula is C22H23N5O3S2. The Morgan fingerprint density at radius 2 is 1.94 bits per heavy atom. The molecule has 8 nitrogen and oxygen atoms in total. The highest BCUT2D eigenvalue weighted by atomic mass is 32.2. The lowest BCUT2D eigenvalue weighted by molar-refractivity contribution is 0.102. The summed E-state index contributed by atoms with van der Waals surface area (Å²) in [7, 11) is -0.925. The van der Waals surface area contributed by atoms with E-state index >= 15 is 0 Å². The summed E-state index contributed by atoms with van der Waals surface area (Å²) in [5.74, 6) is -0.364. The summed E-state index contributed by atoms with van der Waals surface area (Å²) in [5, 5.41) is 17.1. The summed E-state index contributed by atoms with van der Waals surface area (Å²) in [6.45, 7) is 1.88. The van der Waals surface area contributed by atoms with Crippen molar-refractivity contribution in [1.29, 1.82) is 5.26 Å². The maximum absolute atomic E-state index is 13.2. The van der Waals surface area contributed by atoms with Crippen LogP contribution in [0.3, 0.4) is 0 Å². The summed E-state index contributed by atoms with van der Waals surface area (Å²) < 4.78 is 28.8. The summed E-state index contributed by atoms with van der Waals surface area (Å²) in [4.78, 5) is 14.4. The van der Waals surface area contributed by atoms with Crippen LogP contribution in [0.15, 0.2) is 35.4 Å². The SMILES string of the molecule is Cc1ccc(S(=O)(=O)N(C)c2c(C(=O)Nc3sc4c(c3C#N)CCCC4)cnn2C)cc1. The van der Waals surface area contributed by atoms with Crippen molar-refractivity contribution in [3.63, 3.8) is 0 Å². The lowest BCUT2D eigenvalue weighted by Crippen LogP contribution is -2.30. The minimum Gasteiger partial charge on any atom is -0.312 e. The van der Waals surface area contributed by atoms with Crippen LogP contribution in [0.1, 0.15) is 44.8 Å². The molecule has 0 spiro atoms. The molecule has 0 aliphatic heterocycles. The summed E-state index contributed by atoms with van der Waals surface area (Å²) in [6.07, 6.45) is 5.17. The Morgan fingerprint density at radius 3 is 2.62 bits per heavy atom. The van der Waals surface area contributed by atoms with Crippen LogP contribution in [-0.2, 0) is 29.9 Å². The Morgan fingerprint density at radius 1 is 1.25 bits per heavy atom. The third kappa shape index (κ3) is 3.78. The highest BCUT2D eigenvalue weighted by Crippen LogP contribution is 2.38. The van der Waals surface area contributed by atoms with Crippen LogP contribution >= 0.6 is 11.3 Å². The van der Waals surface area contributed by atoms with Gasteiger partial charge in [-0.2, -0.15) is 10.4 Å². The average molecular weight is 470 g/mol. The fourth-order valence-electron chi connectivity index (χ4n) is 3.89. The summed E-state index contributed by atoms with van der Waals surface area (Å²) in [5.41, 5.74) is 2.58. The molecule has 4 rings (SSSR count). The van der Waals surface area contributed by atoms with Crippen molar-refractivity contribution in [1.82, 2.24) is 9.78 Å². The number of benzene rings is 1. The van der Waals surface area contributed by atoms with Gasteiger partial charge in [0.2, 0.25) is 0 Å². The first kappa shape index (κ1) is 22.0. The van der Waals surface area contributed by atoms with Crippen LogP contribution < -0.4 is 9.62 Å². The second-order valence-corrected chi connectivity index (χ2v) is 10.8. The number of carbonyl (C=O) groups excluding carboxylic acids is 1. The minimum atomic E-state index is -3.90. The van der Waals surface area contributed by atoms with Gasteiger partial charge in [0.15, 0.2) is 5.82 Å². The second kappa shape index (κ2) is 8.41. The van der Waals surface area contributed by atoms with Crippen LogP contribution in [0.2, 0.25) is 0 Å². The first-order valence-electron chi connectivity index (χ1n) is 10.2. The normalized spacial score (nSPS) is 13.3. The van der Waals surface area contributed by atoms with Crippen LogP contribution in [0.5, 0.6) is 0 Å². The zero-order valence-electron chi connectivity index (χ0n) is 18.0. The van der Waals surface area contributed by atoms with Crippen molar-refractivity contribution in [3.8, 4) is 6.07 Å². The Hall–Kier alpha value is -3.16. The Labute approximate surface area is 191 Å². The maximum Gasteiger partial charge on any atom is 0.265 e. The summed E-state index contributed by atoms with van der Waals surface area (Å²) >= 11 is 1.42. The molecule has 1 aliphatic rings. The zero-order valence-corrected chi connectivity index (χ0v) is 19.7.